The predicted molar refractivity (Wildman–Crippen MR) is 117 cm³/mol. The molecule has 0 fully saturated rings. The van der Waals surface area contributed by atoms with Crippen molar-refractivity contribution in [3.8, 4) is 0 Å². The number of allylic oxidation sites excluding steroid dienone is 4. The molecule has 0 amide bonds. The van der Waals surface area contributed by atoms with Crippen molar-refractivity contribution in [1.29, 1.82) is 0 Å². The average molecular weight is 378 g/mol. The van der Waals surface area contributed by atoms with E-state index in [1.54, 1.807) is 0 Å². The molecule has 0 N–H and O–H groups in total. The summed E-state index contributed by atoms with van der Waals surface area (Å²) in [6, 6.07) is 0. The van der Waals surface area contributed by atoms with Crippen LogP contribution < -0.4 is 0 Å². The van der Waals surface area contributed by atoms with Gasteiger partial charge in [-0.05, 0) is 32.1 Å². The Morgan fingerprint density at radius 2 is 0.926 bits per heavy atom. The lowest BCUT2D eigenvalue weighted by atomic mass is 10.1. The molecule has 0 aliphatic carbocycles. The van der Waals surface area contributed by atoms with E-state index in [0.29, 0.717) is 0 Å². The third-order valence-corrected chi connectivity index (χ3v) is 5.11. The second-order valence-electron chi connectivity index (χ2n) is 7.86. The molecule has 0 rings (SSSR count). The molecule has 0 aromatic heterocycles. The van der Waals surface area contributed by atoms with E-state index in [1.165, 1.54) is 89.9 Å². The molecule has 0 unspecified atom stereocenters. The van der Waals surface area contributed by atoms with Crippen LogP contribution in [0.5, 0.6) is 0 Å². The van der Waals surface area contributed by atoms with E-state index in [2.05, 4.69) is 31.2 Å². The van der Waals surface area contributed by atoms with Gasteiger partial charge in [0.25, 0.3) is 0 Å². The van der Waals surface area contributed by atoms with Gasteiger partial charge in [-0.15, -0.1) is 0 Å². The van der Waals surface area contributed by atoms with Crippen molar-refractivity contribution in [2.24, 2.45) is 0 Å². The molecule has 0 aromatic rings. The zero-order valence-electron chi connectivity index (χ0n) is 18.1. The molecule has 0 saturated carbocycles. The van der Waals surface area contributed by atoms with Crippen molar-refractivity contribution >= 4 is 5.97 Å². The first-order chi connectivity index (χ1) is 13.3. The smallest absolute Gasteiger partial charge is 0.247 e. The number of rotatable bonds is 21. The SMILES string of the molecule is CCCCCCCCCCCCC=CC=CCCCCCCCCC([O])=O. The molecule has 0 atom stereocenters. The monoisotopic (exact) mass is 377 g/mol. The fourth-order valence-corrected chi connectivity index (χ4v) is 3.34. The first-order valence-electron chi connectivity index (χ1n) is 11.8. The summed E-state index contributed by atoms with van der Waals surface area (Å²) in [6.45, 7) is 2.28. The van der Waals surface area contributed by atoms with Crippen LogP contribution in [-0.4, -0.2) is 5.97 Å². The Kier molecular flexibility index (Phi) is 22.1. The summed E-state index contributed by atoms with van der Waals surface area (Å²) in [5.41, 5.74) is 0. The number of carbonyl (C=O) groups excluding carboxylic acids is 1. The Labute approximate surface area is 169 Å². The molecule has 0 heterocycles. The van der Waals surface area contributed by atoms with Gasteiger partial charge >= 0.3 is 5.97 Å². The van der Waals surface area contributed by atoms with Crippen LogP contribution in [0.3, 0.4) is 0 Å². The van der Waals surface area contributed by atoms with Crippen molar-refractivity contribution in [2.45, 2.75) is 129 Å². The van der Waals surface area contributed by atoms with Gasteiger partial charge < -0.3 is 0 Å². The van der Waals surface area contributed by atoms with Gasteiger partial charge in [-0.1, -0.05) is 115 Å². The Bertz CT molecular complexity index is 357. The second-order valence-corrected chi connectivity index (χ2v) is 7.86. The van der Waals surface area contributed by atoms with Crippen LogP contribution in [0, 0.1) is 0 Å². The summed E-state index contributed by atoms with van der Waals surface area (Å²) in [5.74, 6) is -0.915. The average Bonchev–Trinajstić information content (AvgIpc) is 2.65. The van der Waals surface area contributed by atoms with Crippen molar-refractivity contribution in [2.75, 3.05) is 0 Å². The highest BCUT2D eigenvalue weighted by molar-refractivity contribution is 5.66. The van der Waals surface area contributed by atoms with Crippen molar-refractivity contribution in [3.05, 3.63) is 24.3 Å². The highest BCUT2D eigenvalue weighted by atomic mass is 16.4. The van der Waals surface area contributed by atoms with Crippen LogP contribution >= 0.6 is 0 Å². The minimum absolute atomic E-state index is 0.216. The predicted octanol–water partition coefficient (Wildman–Crippen LogP) is 8.49. The van der Waals surface area contributed by atoms with Gasteiger partial charge in [-0.3, -0.25) is 0 Å². The molecule has 0 aromatic carbocycles. The number of hydrogen-bond acceptors (Lipinski definition) is 1. The zero-order valence-corrected chi connectivity index (χ0v) is 18.1. The molecular formula is C25H45O2. The lowest BCUT2D eigenvalue weighted by Gasteiger charge is -2.01. The Morgan fingerprint density at radius 1 is 0.556 bits per heavy atom. The second kappa shape index (κ2) is 23.0. The van der Waals surface area contributed by atoms with E-state index in [1.807, 2.05) is 0 Å². The van der Waals surface area contributed by atoms with Crippen LogP contribution in [0.25, 0.3) is 0 Å². The first-order valence-corrected chi connectivity index (χ1v) is 11.8. The highest BCUT2D eigenvalue weighted by Crippen LogP contribution is 2.11. The fraction of sp³-hybridized carbons (Fsp3) is 0.800. The van der Waals surface area contributed by atoms with Crippen LogP contribution in [-0.2, 0) is 9.90 Å². The summed E-state index contributed by atoms with van der Waals surface area (Å²) in [4.78, 5) is 10.3. The maximum absolute atomic E-state index is 10.3. The summed E-state index contributed by atoms with van der Waals surface area (Å²) in [5, 5.41) is 10.3. The minimum Gasteiger partial charge on any atom is -0.247 e. The lowest BCUT2D eigenvalue weighted by molar-refractivity contribution is -0.143. The van der Waals surface area contributed by atoms with Gasteiger partial charge in [0.1, 0.15) is 0 Å². The molecule has 27 heavy (non-hydrogen) atoms. The first kappa shape index (κ1) is 26.0. The molecule has 0 spiro atoms. The summed E-state index contributed by atoms with van der Waals surface area (Å²) >= 11 is 0. The lowest BCUT2D eigenvalue weighted by Crippen LogP contribution is -1.91. The largest absolute Gasteiger partial charge is 0.355 e. The third kappa shape index (κ3) is 24.9. The molecular weight excluding hydrogens is 332 g/mol. The molecule has 0 aliphatic heterocycles. The Balaban J connectivity index is 3.18. The molecule has 0 aliphatic rings. The van der Waals surface area contributed by atoms with Crippen LogP contribution in [0.15, 0.2) is 24.3 Å². The van der Waals surface area contributed by atoms with Gasteiger partial charge in [0, 0.05) is 0 Å². The zero-order chi connectivity index (χ0) is 19.8. The number of hydrogen-bond donors (Lipinski definition) is 0. The Morgan fingerprint density at radius 3 is 1.33 bits per heavy atom. The topological polar surface area (TPSA) is 37.0 Å². The van der Waals surface area contributed by atoms with Gasteiger partial charge in [0.05, 0.1) is 6.42 Å². The molecule has 0 bridgehead atoms. The van der Waals surface area contributed by atoms with Crippen molar-refractivity contribution < 1.29 is 9.90 Å². The third-order valence-electron chi connectivity index (χ3n) is 5.11. The standard InChI is InChI=1S/C25H45O2/c1-2-3-4-5-6-7-8-9-10-11-12-13-14-15-16-17-18-19-20-21-22-23-24-25(26)27/h13-16H,2-12,17-24H2,1H3. The number of carbonyl (C=O) groups is 1. The van der Waals surface area contributed by atoms with E-state index in [0.717, 1.165) is 25.7 Å². The van der Waals surface area contributed by atoms with Crippen LogP contribution in [0.1, 0.15) is 129 Å². The quantitative estimate of drug-likeness (QED) is 0.146. The van der Waals surface area contributed by atoms with Gasteiger partial charge in [0.15, 0.2) is 0 Å². The van der Waals surface area contributed by atoms with E-state index in [9.17, 15) is 9.90 Å². The maximum Gasteiger partial charge on any atom is 0.355 e. The van der Waals surface area contributed by atoms with E-state index in [4.69, 9.17) is 0 Å². The summed E-state index contributed by atoms with van der Waals surface area (Å²) in [7, 11) is 0. The van der Waals surface area contributed by atoms with Gasteiger partial charge in [-0.25, -0.2) is 9.90 Å². The molecule has 2 nitrogen and oxygen atoms in total. The van der Waals surface area contributed by atoms with E-state index >= 15 is 0 Å². The molecule has 0 saturated heterocycles. The maximum atomic E-state index is 10.3. The van der Waals surface area contributed by atoms with Gasteiger partial charge in [0.2, 0.25) is 0 Å². The highest BCUT2D eigenvalue weighted by Gasteiger charge is 1.98. The van der Waals surface area contributed by atoms with Gasteiger partial charge in [-0.2, -0.15) is 0 Å². The fourth-order valence-electron chi connectivity index (χ4n) is 3.34. The summed E-state index contributed by atoms with van der Waals surface area (Å²) < 4.78 is 0. The molecule has 2 heteroatoms. The van der Waals surface area contributed by atoms with E-state index < -0.39 is 5.97 Å². The van der Waals surface area contributed by atoms with Crippen LogP contribution in [0.4, 0.5) is 0 Å². The summed E-state index contributed by atoms with van der Waals surface area (Å²) in [6.07, 6.45) is 32.2. The molecule has 1 radical (unpaired) electrons. The normalized spacial score (nSPS) is 11.7. The van der Waals surface area contributed by atoms with Crippen molar-refractivity contribution in [1.82, 2.24) is 0 Å². The molecule has 157 valence electrons. The van der Waals surface area contributed by atoms with Crippen molar-refractivity contribution in [3.63, 3.8) is 0 Å². The number of unbranched alkanes of at least 4 members (excludes halogenated alkanes) is 16. The van der Waals surface area contributed by atoms with E-state index in [-0.39, 0.29) is 6.42 Å². The van der Waals surface area contributed by atoms with Crippen LogP contribution in [0.2, 0.25) is 0 Å². The Hall–Kier alpha value is -1.05. The minimum atomic E-state index is -0.915.